The fraction of sp³-hybridized carbons (Fsp3) is 0.263. The molecule has 3 rings (SSSR count). The van der Waals surface area contributed by atoms with Crippen LogP contribution in [0, 0.1) is 10.1 Å². The number of thiocarbonyl (C=S) groups is 1. The number of benzene rings is 2. The maximum Gasteiger partial charge on any atom is 0.343 e. The lowest BCUT2D eigenvalue weighted by Gasteiger charge is -2.29. The molecule has 1 fully saturated rings. The third-order valence-electron chi connectivity index (χ3n) is 4.35. The first-order chi connectivity index (χ1) is 14.3. The molecule has 1 heterocycles. The molecule has 2 aromatic rings. The van der Waals surface area contributed by atoms with Gasteiger partial charge >= 0.3 is 5.97 Å². The van der Waals surface area contributed by atoms with Gasteiger partial charge in [-0.3, -0.25) is 10.1 Å². The topological polar surface area (TPSA) is 91.1 Å². The first-order valence-corrected chi connectivity index (χ1v) is 9.89. The minimum Gasteiger partial charge on any atom is -0.493 e. The number of carbonyl (C=O) groups excluding carboxylic acids is 1. The fourth-order valence-electron chi connectivity index (χ4n) is 2.82. The first kappa shape index (κ1) is 22.2. The average molecular weight is 471 g/mol. The summed E-state index contributed by atoms with van der Waals surface area (Å²) in [6.07, 6.45) is 0. The zero-order chi connectivity index (χ0) is 21.8. The highest BCUT2D eigenvalue weighted by Gasteiger charge is 2.23. The molecule has 0 amide bonds. The van der Waals surface area contributed by atoms with Crippen molar-refractivity contribution in [2.75, 3.05) is 33.4 Å². The van der Waals surface area contributed by atoms with Gasteiger partial charge in [0.25, 0.3) is 5.69 Å². The molecule has 1 aliphatic rings. The number of nitrogens with zero attached hydrogens (tertiary/aromatic N) is 2. The lowest BCUT2D eigenvalue weighted by atomic mass is 10.1. The molecule has 1 aliphatic heterocycles. The summed E-state index contributed by atoms with van der Waals surface area (Å²) >= 11 is 17.7. The predicted molar refractivity (Wildman–Crippen MR) is 115 cm³/mol. The first-order valence-electron chi connectivity index (χ1n) is 8.72. The van der Waals surface area contributed by atoms with E-state index < -0.39 is 16.6 Å². The van der Waals surface area contributed by atoms with Crippen LogP contribution < -0.4 is 9.47 Å². The molecular weight excluding hydrogens is 455 g/mol. The molecule has 0 radical (unpaired) electrons. The van der Waals surface area contributed by atoms with Crippen LogP contribution in [-0.4, -0.2) is 54.2 Å². The average Bonchev–Trinajstić information content (AvgIpc) is 2.75. The minimum absolute atomic E-state index is 0.0182. The quantitative estimate of drug-likeness (QED) is 0.211. The van der Waals surface area contributed by atoms with Gasteiger partial charge in [0.15, 0.2) is 11.5 Å². The summed E-state index contributed by atoms with van der Waals surface area (Å²) in [4.78, 5) is 25.5. The molecule has 1 saturated heterocycles. The van der Waals surface area contributed by atoms with Crippen molar-refractivity contribution in [3.63, 3.8) is 0 Å². The van der Waals surface area contributed by atoms with E-state index in [0.29, 0.717) is 36.9 Å². The molecule has 2 aromatic carbocycles. The van der Waals surface area contributed by atoms with Crippen LogP contribution in [0.15, 0.2) is 30.3 Å². The number of rotatable bonds is 5. The molecule has 0 N–H and O–H groups in total. The van der Waals surface area contributed by atoms with Crippen LogP contribution >= 0.6 is 35.4 Å². The van der Waals surface area contributed by atoms with Gasteiger partial charge < -0.3 is 19.1 Å². The lowest BCUT2D eigenvalue weighted by Crippen LogP contribution is -2.40. The van der Waals surface area contributed by atoms with E-state index in [1.54, 1.807) is 12.1 Å². The Morgan fingerprint density at radius 1 is 1.17 bits per heavy atom. The largest absolute Gasteiger partial charge is 0.493 e. The normalized spacial score (nSPS) is 13.6. The summed E-state index contributed by atoms with van der Waals surface area (Å²) in [5, 5.41) is 11.1. The number of hydrogen-bond acceptors (Lipinski definition) is 7. The Balaban J connectivity index is 1.87. The number of morpholine rings is 1. The van der Waals surface area contributed by atoms with Gasteiger partial charge in [-0.1, -0.05) is 35.4 Å². The van der Waals surface area contributed by atoms with Gasteiger partial charge in [-0.2, -0.15) is 0 Å². The lowest BCUT2D eigenvalue weighted by molar-refractivity contribution is -0.384. The number of nitro groups is 1. The Hall–Kier alpha value is -2.46. The summed E-state index contributed by atoms with van der Waals surface area (Å²) in [5.41, 5.74) is 0.170. The smallest absolute Gasteiger partial charge is 0.343 e. The number of ether oxygens (including phenoxy) is 3. The number of carbonyl (C=O) groups is 1. The number of methoxy groups -OCH3 is 1. The standard InChI is InChI=1S/C19H16Cl2N2O6S/c1-27-16-10-12(18(30)22-4-6-28-7-5-22)8-14(21)17(16)29-19(24)11-2-3-13(20)15(9-11)23(25)26/h2-3,8-10H,4-7H2,1H3. The van der Waals surface area contributed by atoms with Crippen molar-refractivity contribution in [3.05, 3.63) is 61.6 Å². The second-order valence-electron chi connectivity index (χ2n) is 6.21. The van der Waals surface area contributed by atoms with E-state index in [1.165, 1.54) is 19.2 Å². The Kier molecular flexibility index (Phi) is 7.09. The molecule has 0 aromatic heterocycles. The predicted octanol–water partition coefficient (Wildman–Crippen LogP) is 4.14. The maximum absolute atomic E-state index is 12.5. The second-order valence-corrected chi connectivity index (χ2v) is 7.41. The minimum atomic E-state index is -0.849. The number of hydrogen-bond donors (Lipinski definition) is 0. The maximum atomic E-state index is 12.5. The van der Waals surface area contributed by atoms with Gasteiger partial charge in [-0.05, 0) is 24.3 Å². The monoisotopic (exact) mass is 470 g/mol. The summed E-state index contributed by atoms with van der Waals surface area (Å²) in [5.74, 6) is -0.668. The van der Waals surface area contributed by atoms with Gasteiger partial charge in [-0.15, -0.1) is 0 Å². The van der Waals surface area contributed by atoms with Crippen LogP contribution in [0.4, 0.5) is 5.69 Å². The van der Waals surface area contributed by atoms with Crippen molar-refractivity contribution in [2.24, 2.45) is 0 Å². The zero-order valence-electron chi connectivity index (χ0n) is 15.7. The number of esters is 1. The third-order valence-corrected chi connectivity index (χ3v) is 5.44. The van der Waals surface area contributed by atoms with Crippen LogP contribution in [0.2, 0.25) is 10.0 Å². The van der Waals surface area contributed by atoms with Crippen LogP contribution in [0.1, 0.15) is 15.9 Å². The van der Waals surface area contributed by atoms with Crippen LogP contribution in [-0.2, 0) is 4.74 Å². The van der Waals surface area contributed by atoms with Crippen molar-refractivity contribution in [1.82, 2.24) is 4.90 Å². The second kappa shape index (κ2) is 9.57. The van der Waals surface area contributed by atoms with E-state index >= 15 is 0 Å². The molecule has 0 spiro atoms. The van der Waals surface area contributed by atoms with Crippen molar-refractivity contribution in [3.8, 4) is 11.5 Å². The Morgan fingerprint density at radius 2 is 1.87 bits per heavy atom. The highest BCUT2D eigenvalue weighted by atomic mass is 35.5. The van der Waals surface area contributed by atoms with Crippen LogP contribution in [0.5, 0.6) is 11.5 Å². The molecule has 0 atom stereocenters. The van der Waals surface area contributed by atoms with E-state index in [2.05, 4.69) is 0 Å². The van der Waals surface area contributed by atoms with E-state index in [9.17, 15) is 14.9 Å². The summed E-state index contributed by atoms with van der Waals surface area (Å²) in [6.45, 7) is 2.47. The molecule has 0 saturated carbocycles. The highest BCUT2D eigenvalue weighted by Crippen LogP contribution is 2.38. The van der Waals surface area contributed by atoms with Crippen molar-refractivity contribution in [2.45, 2.75) is 0 Å². The third kappa shape index (κ3) is 4.81. The molecule has 0 unspecified atom stereocenters. The molecule has 30 heavy (non-hydrogen) atoms. The van der Waals surface area contributed by atoms with Crippen molar-refractivity contribution in [1.29, 1.82) is 0 Å². The highest BCUT2D eigenvalue weighted by molar-refractivity contribution is 7.80. The molecule has 11 heteroatoms. The summed E-state index contributed by atoms with van der Waals surface area (Å²) in [7, 11) is 1.40. The Labute approximate surface area is 187 Å². The van der Waals surface area contributed by atoms with Crippen molar-refractivity contribution >= 4 is 52.1 Å². The fourth-order valence-corrected chi connectivity index (χ4v) is 3.56. The summed E-state index contributed by atoms with van der Waals surface area (Å²) < 4.78 is 16.0. The molecule has 0 aliphatic carbocycles. The van der Waals surface area contributed by atoms with E-state index in [1.807, 2.05) is 4.90 Å². The number of nitro benzene ring substituents is 1. The van der Waals surface area contributed by atoms with Gasteiger partial charge in [-0.25, -0.2) is 4.79 Å². The molecule has 0 bridgehead atoms. The van der Waals surface area contributed by atoms with Crippen LogP contribution in [0.25, 0.3) is 0 Å². The van der Waals surface area contributed by atoms with E-state index in [4.69, 9.17) is 49.6 Å². The van der Waals surface area contributed by atoms with Gasteiger partial charge in [0.2, 0.25) is 0 Å². The summed E-state index contributed by atoms with van der Waals surface area (Å²) in [6, 6.07) is 6.80. The van der Waals surface area contributed by atoms with E-state index in [-0.39, 0.29) is 27.1 Å². The SMILES string of the molecule is COc1cc(C(=S)N2CCOCC2)cc(Cl)c1OC(=O)c1ccc(Cl)c([N+](=O)[O-])c1. The molecular formula is C19H16Cl2N2O6S. The molecule has 158 valence electrons. The van der Waals surface area contributed by atoms with Gasteiger partial charge in [0.1, 0.15) is 10.0 Å². The zero-order valence-corrected chi connectivity index (χ0v) is 18.1. The van der Waals surface area contributed by atoms with Crippen molar-refractivity contribution < 1.29 is 23.9 Å². The van der Waals surface area contributed by atoms with E-state index in [0.717, 1.165) is 6.07 Å². The molecule has 8 nitrogen and oxygen atoms in total. The van der Waals surface area contributed by atoms with Crippen LogP contribution in [0.3, 0.4) is 0 Å². The Bertz CT molecular complexity index is 1010. The number of halogens is 2. The van der Waals surface area contributed by atoms with Gasteiger partial charge in [0.05, 0.1) is 35.8 Å². The Morgan fingerprint density at radius 3 is 2.50 bits per heavy atom. The van der Waals surface area contributed by atoms with Gasteiger partial charge in [0, 0.05) is 24.7 Å².